The van der Waals surface area contributed by atoms with Gasteiger partial charge in [-0.25, -0.2) is 0 Å². The first-order chi connectivity index (χ1) is 12.9. The van der Waals surface area contributed by atoms with Crippen LogP contribution in [0.2, 0.25) is 16.6 Å². The monoisotopic (exact) mass is 414 g/mol. The molecule has 4 atom stereocenters. The maximum Gasteiger partial charge on any atom is 0.200 e. The number of rotatable bonds is 11. The maximum atomic E-state index is 10.2. The lowest BCUT2D eigenvalue weighted by Crippen LogP contribution is -2.52. The molecule has 4 nitrogen and oxygen atoms in total. The van der Waals surface area contributed by atoms with Crippen molar-refractivity contribution in [2.45, 2.75) is 122 Å². The van der Waals surface area contributed by atoms with Crippen molar-refractivity contribution in [1.82, 2.24) is 0 Å². The number of hydrogen-bond donors (Lipinski definition) is 1. The zero-order chi connectivity index (χ0) is 21.7. The van der Waals surface area contributed by atoms with Crippen molar-refractivity contribution in [2.75, 3.05) is 6.61 Å². The molecule has 1 saturated heterocycles. The molecule has 1 aliphatic heterocycles. The van der Waals surface area contributed by atoms with Crippen LogP contribution in [0.5, 0.6) is 0 Å². The molecule has 0 aliphatic carbocycles. The molecule has 0 spiro atoms. The third-order valence-corrected chi connectivity index (χ3v) is 12.6. The van der Waals surface area contributed by atoms with E-state index in [-0.39, 0.29) is 18.1 Å². The van der Waals surface area contributed by atoms with Gasteiger partial charge < -0.3 is 19.0 Å². The highest BCUT2D eigenvalue weighted by Crippen LogP contribution is 2.43. The van der Waals surface area contributed by atoms with Crippen LogP contribution in [0.25, 0.3) is 0 Å². The van der Waals surface area contributed by atoms with Crippen LogP contribution >= 0.6 is 0 Å². The number of hydrogen-bond acceptors (Lipinski definition) is 4. The minimum Gasteiger partial charge on any atom is -0.416 e. The highest BCUT2D eigenvalue weighted by molar-refractivity contribution is 6.77. The van der Waals surface area contributed by atoms with E-state index < -0.39 is 20.2 Å². The Morgan fingerprint density at radius 2 is 1.54 bits per heavy atom. The van der Waals surface area contributed by atoms with Gasteiger partial charge in [0.15, 0.2) is 14.1 Å². The fourth-order valence-corrected chi connectivity index (χ4v) is 10.7. The van der Waals surface area contributed by atoms with Gasteiger partial charge >= 0.3 is 0 Å². The Labute approximate surface area is 175 Å². The van der Waals surface area contributed by atoms with Gasteiger partial charge in [0.25, 0.3) is 0 Å². The van der Waals surface area contributed by atoms with Gasteiger partial charge in [-0.1, -0.05) is 54.5 Å². The normalized spacial score (nSPS) is 26.8. The second-order valence-corrected chi connectivity index (χ2v) is 15.4. The summed E-state index contributed by atoms with van der Waals surface area (Å²) in [6, 6.07) is 0. The smallest absolute Gasteiger partial charge is 0.200 e. The molecule has 1 N–H and O–H groups in total. The largest absolute Gasteiger partial charge is 0.416 e. The molecule has 0 aromatic heterocycles. The van der Waals surface area contributed by atoms with E-state index in [0.717, 1.165) is 13.0 Å². The molecule has 0 unspecified atom stereocenters. The van der Waals surface area contributed by atoms with Crippen molar-refractivity contribution in [3.63, 3.8) is 0 Å². The van der Waals surface area contributed by atoms with E-state index >= 15 is 0 Å². The van der Waals surface area contributed by atoms with E-state index in [9.17, 15) is 5.11 Å². The Morgan fingerprint density at radius 1 is 1.04 bits per heavy atom. The zero-order valence-corrected chi connectivity index (χ0v) is 20.8. The van der Waals surface area contributed by atoms with Crippen LogP contribution in [-0.2, 0) is 13.9 Å². The summed E-state index contributed by atoms with van der Waals surface area (Å²) >= 11 is 0. The number of aliphatic hydroxyl groups is 1. The van der Waals surface area contributed by atoms with E-state index in [1.54, 1.807) is 6.08 Å². The van der Waals surface area contributed by atoms with Crippen LogP contribution in [0.4, 0.5) is 0 Å². The summed E-state index contributed by atoms with van der Waals surface area (Å²) in [7, 11) is -1.86. The summed E-state index contributed by atoms with van der Waals surface area (Å²) in [5.41, 5.74) is 1.75. The maximum absolute atomic E-state index is 10.2. The Hall–Kier alpha value is -0.203. The van der Waals surface area contributed by atoms with Crippen molar-refractivity contribution in [2.24, 2.45) is 5.92 Å². The predicted octanol–water partition coefficient (Wildman–Crippen LogP) is 6.05. The van der Waals surface area contributed by atoms with Crippen LogP contribution in [0.3, 0.4) is 0 Å². The molecule has 0 aromatic rings. The van der Waals surface area contributed by atoms with Crippen molar-refractivity contribution >= 4 is 8.32 Å². The second-order valence-electron chi connectivity index (χ2n) is 9.94. The topological polar surface area (TPSA) is 47.9 Å². The van der Waals surface area contributed by atoms with Gasteiger partial charge in [0, 0.05) is 18.9 Å². The quantitative estimate of drug-likeness (QED) is 0.330. The van der Waals surface area contributed by atoms with Crippen molar-refractivity contribution in [1.29, 1.82) is 0 Å². The first-order valence-corrected chi connectivity index (χ1v) is 13.3. The zero-order valence-electron chi connectivity index (χ0n) is 19.8. The minimum absolute atomic E-state index is 0.0222. The summed E-state index contributed by atoms with van der Waals surface area (Å²) in [5, 5.41) is 10.2. The molecule has 0 bridgehead atoms. The molecule has 0 aromatic carbocycles. The van der Waals surface area contributed by atoms with Crippen LogP contribution < -0.4 is 0 Å². The lowest BCUT2D eigenvalue weighted by molar-refractivity contribution is -0.323. The Bertz CT molecular complexity index is 453. The van der Waals surface area contributed by atoms with Gasteiger partial charge in [0.1, 0.15) is 0 Å². The van der Waals surface area contributed by atoms with Crippen molar-refractivity contribution in [3.8, 4) is 0 Å². The highest BCUT2D eigenvalue weighted by atomic mass is 28.4. The van der Waals surface area contributed by atoms with Crippen LogP contribution in [0.1, 0.15) is 81.6 Å². The van der Waals surface area contributed by atoms with E-state index in [2.05, 4.69) is 55.0 Å². The molecular weight excluding hydrogens is 368 g/mol. The van der Waals surface area contributed by atoms with Gasteiger partial charge in [-0.05, 0) is 43.3 Å². The molecule has 0 radical (unpaired) electrons. The van der Waals surface area contributed by atoms with Crippen LogP contribution in [0.15, 0.2) is 12.7 Å². The summed E-state index contributed by atoms with van der Waals surface area (Å²) in [6.07, 6.45) is 3.46. The van der Waals surface area contributed by atoms with Crippen LogP contribution in [-0.4, -0.2) is 44.1 Å². The summed E-state index contributed by atoms with van der Waals surface area (Å²) in [5.74, 6) is -0.428. The van der Waals surface area contributed by atoms with E-state index in [0.29, 0.717) is 29.5 Å². The number of aliphatic hydroxyl groups excluding tert-OH is 1. The molecule has 1 aliphatic rings. The molecule has 0 amide bonds. The molecule has 1 rings (SSSR count). The first kappa shape index (κ1) is 25.8. The fraction of sp³-hybridized carbons (Fsp3) is 0.913. The van der Waals surface area contributed by atoms with Gasteiger partial charge in [0.2, 0.25) is 0 Å². The predicted molar refractivity (Wildman–Crippen MR) is 120 cm³/mol. The van der Waals surface area contributed by atoms with Gasteiger partial charge in [-0.2, -0.15) is 0 Å². The highest BCUT2D eigenvalue weighted by Gasteiger charge is 2.46. The Balaban J connectivity index is 2.81. The summed E-state index contributed by atoms with van der Waals surface area (Å²) in [4.78, 5) is 0. The van der Waals surface area contributed by atoms with E-state index in [1.807, 2.05) is 13.8 Å². The third kappa shape index (κ3) is 6.40. The SMILES string of the molecule is C=CC[C@@H](O)C[C@H]1OC(C)(C)O[C@@H](CCO[Si](C(C)C)(C(C)C)C(C)C)[C@@H]1C. The molecular formula is C23H46O4Si. The van der Waals surface area contributed by atoms with E-state index in [1.165, 1.54) is 0 Å². The van der Waals surface area contributed by atoms with Crippen molar-refractivity contribution < 1.29 is 19.0 Å². The Kier molecular flexibility index (Phi) is 9.89. The van der Waals surface area contributed by atoms with E-state index in [4.69, 9.17) is 13.9 Å². The van der Waals surface area contributed by atoms with Gasteiger partial charge in [-0.3, -0.25) is 0 Å². The standard InChI is InChI=1S/C23H46O4Si/c1-11-12-20(24)15-22-19(8)21(26-23(9,10)27-22)13-14-25-28(16(2)3,17(4)5)18(6)7/h11,16-22,24H,1,12-15H2,2-10H3/t19-,20+,21-,22+/m0/s1. The van der Waals surface area contributed by atoms with Crippen molar-refractivity contribution in [3.05, 3.63) is 12.7 Å². The lowest BCUT2D eigenvalue weighted by atomic mass is 9.89. The third-order valence-electron chi connectivity index (χ3n) is 6.45. The van der Waals surface area contributed by atoms with Crippen LogP contribution in [0, 0.1) is 5.92 Å². The molecule has 166 valence electrons. The molecule has 1 heterocycles. The first-order valence-electron chi connectivity index (χ1n) is 11.2. The summed E-state index contributed by atoms with van der Waals surface area (Å²) in [6.45, 7) is 24.5. The molecule has 0 saturated carbocycles. The van der Waals surface area contributed by atoms with Gasteiger partial charge in [0.05, 0.1) is 18.3 Å². The summed E-state index contributed by atoms with van der Waals surface area (Å²) < 4.78 is 19.2. The molecule has 1 fully saturated rings. The average molecular weight is 415 g/mol. The molecule has 28 heavy (non-hydrogen) atoms. The number of ether oxygens (including phenoxy) is 2. The lowest BCUT2D eigenvalue weighted by Gasteiger charge is -2.46. The Morgan fingerprint density at radius 3 is 2.00 bits per heavy atom. The van der Waals surface area contributed by atoms with Gasteiger partial charge in [-0.15, -0.1) is 6.58 Å². The average Bonchev–Trinajstić information content (AvgIpc) is 2.54. The fourth-order valence-electron chi connectivity index (χ4n) is 5.20. The minimum atomic E-state index is -1.86. The second kappa shape index (κ2) is 10.7. The molecule has 5 heteroatoms.